The predicted octanol–water partition coefficient (Wildman–Crippen LogP) is 5.59. The van der Waals surface area contributed by atoms with Gasteiger partial charge in [0.1, 0.15) is 12.4 Å². The van der Waals surface area contributed by atoms with Gasteiger partial charge in [-0.05, 0) is 87.4 Å². The Kier molecular flexibility index (Phi) is 8.57. The van der Waals surface area contributed by atoms with Gasteiger partial charge in [-0.15, -0.1) is 0 Å². The number of benzene rings is 3. The van der Waals surface area contributed by atoms with Crippen LogP contribution in [0.25, 0.3) is 0 Å². The standard InChI is InChI=1S/C29H32N2O5/c1-21(2)31(25-14-12-24(13-15-25)30-23-7-4-3-5-8-23)28(32)20-36-29(33)22-10-16-26(17-11-22)35-19-27-9-6-18-34-27/h3-5,7-8,10-17,21,27,30H,6,9,18-20H2,1-2H3. The Morgan fingerprint density at radius 2 is 1.67 bits per heavy atom. The molecule has 1 atom stereocenters. The summed E-state index contributed by atoms with van der Waals surface area (Å²) in [6.45, 7) is 4.77. The third kappa shape index (κ3) is 6.86. The van der Waals surface area contributed by atoms with Gasteiger partial charge in [0.05, 0.1) is 11.7 Å². The van der Waals surface area contributed by atoms with Crippen LogP contribution in [-0.4, -0.2) is 43.8 Å². The van der Waals surface area contributed by atoms with Crippen LogP contribution in [0.15, 0.2) is 78.9 Å². The molecule has 0 bridgehead atoms. The normalized spacial score (nSPS) is 14.9. The van der Waals surface area contributed by atoms with Crippen molar-refractivity contribution in [2.75, 3.05) is 30.0 Å². The molecule has 36 heavy (non-hydrogen) atoms. The molecule has 1 N–H and O–H groups in total. The molecule has 1 unspecified atom stereocenters. The van der Waals surface area contributed by atoms with Crippen molar-refractivity contribution in [3.05, 3.63) is 84.4 Å². The van der Waals surface area contributed by atoms with Crippen molar-refractivity contribution in [2.24, 2.45) is 0 Å². The average Bonchev–Trinajstić information content (AvgIpc) is 3.42. The third-order valence-electron chi connectivity index (χ3n) is 5.87. The van der Waals surface area contributed by atoms with Gasteiger partial charge >= 0.3 is 5.97 Å². The lowest BCUT2D eigenvalue weighted by atomic mass is 10.2. The SMILES string of the molecule is CC(C)N(C(=O)COC(=O)c1ccc(OCC2CCCO2)cc1)c1ccc(Nc2ccccc2)cc1. The van der Waals surface area contributed by atoms with Gasteiger partial charge in [0.15, 0.2) is 6.61 Å². The lowest BCUT2D eigenvalue weighted by molar-refractivity contribution is -0.122. The van der Waals surface area contributed by atoms with E-state index in [1.807, 2.05) is 68.4 Å². The van der Waals surface area contributed by atoms with Crippen molar-refractivity contribution in [1.29, 1.82) is 0 Å². The second-order valence-electron chi connectivity index (χ2n) is 8.94. The number of anilines is 3. The van der Waals surface area contributed by atoms with Crippen LogP contribution in [0.5, 0.6) is 5.75 Å². The summed E-state index contributed by atoms with van der Waals surface area (Å²) in [7, 11) is 0. The molecule has 1 aliphatic heterocycles. The second-order valence-corrected chi connectivity index (χ2v) is 8.94. The Hall–Kier alpha value is -3.84. The lowest BCUT2D eigenvalue weighted by Crippen LogP contribution is -2.39. The smallest absolute Gasteiger partial charge is 0.338 e. The molecular formula is C29H32N2O5. The molecule has 1 heterocycles. The van der Waals surface area contributed by atoms with Crippen LogP contribution in [-0.2, 0) is 14.3 Å². The van der Waals surface area contributed by atoms with E-state index in [2.05, 4.69) is 5.32 Å². The highest BCUT2D eigenvalue weighted by atomic mass is 16.5. The maximum absolute atomic E-state index is 13.0. The fourth-order valence-corrected chi connectivity index (χ4v) is 4.06. The number of amides is 1. The number of rotatable bonds is 10. The van der Waals surface area contributed by atoms with Gasteiger partial charge in [0, 0.05) is 29.7 Å². The summed E-state index contributed by atoms with van der Waals surface area (Å²) in [4.78, 5) is 27.1. The summed E-state index contributed by atoms with van der Waals surface area (Å²) >= 11 is 0. The molecule has 0 aromatic heterocycles. The van der Waals surface area contributed by atoms with Crippen LogP contribution < -0.4 is 15.0 Å². The fraction of sp³-hybridized carbons (Fsp3) is 0.310. The largest absolute Gasteiger partial charge is 0.491 e. The predicted molar refractivity (Wildman–Crippen MR) is 140 cm³/mol. The first-order chi connectivity index (χ1) is 17.5. The van der Waals surface area contributed by atoms with Crippen molar-refractivity contribution in [3.8, 4) is 5.75 Å². The maximum atomic E-state index is 13.0. The molecule has 188 valence electrons. The highest BCUT2D eigenvalue weighted by Crippen LogP contribution is 2.23. The number of nitrogens with one attached hydrogen (secondary N) is 1. The Morgan fingerprint density at radius 3 is 2.31 bits per heavy atom. The van der Waals surface area contributed by atoms with Crippen LogP contribution >= 0.6 is 0 Å². The highest BCUT2D eigenvalue weighted by Gasteiger charge is 2.21. The molecule has 3 aromatic carbocycles. The van der Waals surface area contributed by atoms with E-state index in [1.54, 1.807) is 29.2 Å². The van der Waals surface area contributed by atoms with Gasteiger partial charge in [0.25, 0.3) is 5.91 Å². The molecule has 1 aliphatic rings. The Balaban J connectivity index is 1.30. The zero-order chi connectivity index (χ0) is 25.3. The summed E-state index contributed by atoms with van der Waals surface area (Å²) < 4.78 is 16.6. The van der Waals surface area contributed by atoms with E-state index < -0.39 is 5.97 Å². The van der Waals surface area contributed by atoms with Crippen LogP contribution in [0, 0.1) is 0 Å². The van der Waals surface area contributed by atoms with E-state index in [-0.39, 0.29) is 24.7 Å². The van der Waals surface area contributed by atoms with Gasteiger partial charge in [0.2, 0.25) is 0 Å². The molecule has 3 aromatic rings. The van der Waals surface area contributed by atoms with Gasteiger partial charge in [-0.3, -0.25) is 4.79 Å². The first-order valence-electron chi connectivity index (χ1n) is 12.3. The molecule has 0 radical (unpaired) electrons. The highest BCUT2D eigenvalue weighted by molar-refractivity contribution is 5.97. The van der Waals surface area contributed by atoms with Crippen LogP contribution in [0.3, 0.4) is 0 Å². The number of carbonyl (C=O) groups is 2. The quantitative estimate of drug-likeness (QED) is 0.375. The molecule has 1 saturated heterocycles. The molecule has 4 rings (SSSR count). The first-order valence-corrected chi connectivity index (χ1v) is 12.3. The summed E-state index contributed by atoms with van der Waals surface area (Å²) in [5.41, 5.74) is 2.99. The number of carbonyl (C=O) groups excluding carboxylic acids is 2. The minimum absolute atomic E-state index is 0.107. The van der Waals surface area contributed by atoms with Crippen LogP contribution in [0.4, 0.5) is 17.1 Å². The lowest BCUT2D eigenvalue weighted by Gasteiger charge is -2.27. The first kappa shape index (κ1) is 25.3. The van der Waals surface area contributed by atoms with Crippen molar-refractivity contribution in [2.45, 2.75) is 38.8 Å². The Morgan fingerprint density at radius 1 is 0.972 bits per heavy atom. The molecular weight excluding hydrogens is 456 g/mol. The minimum Gasteiger partial charge on any atom is -0.491 e. The topological polar surface area (TPSA) is 77.1 Å². The van der Waals surface area contributed by atoms with E-state index in [0.717, 1.165) is 36.5 Å². The van der Waals surface area contributed by atoms with Crippen LogP contribution in [0.1, 0.15) is 37.0 Å². The van der Waals surface area contributed by atoms with Gasteiger partial charge in [-0.2, -0.15) is 0 Å². The molecule has 1 amide bonds. The Bertz CT molecular complexity index is 1120. The zero-order valence-electron chi connectivity index (χ0n) is 20.7. The number of ether oxygens (including phenoxy) is 3. The number of esters is 1. The van der Waals surface area contributed by atoms with Crippen LogP contribution in [0.2, 0.25) is 0 Å². The van der Waals surface area contributed by atoms with Gasteiger partial charge in [-0.1, -0.05) is 18.2 Å². The van der Waals surface area contributed by atoms with E-state index in [0.29, 0.717) is 17.9 Å². The van der Waals surface area contributed by atoms with Gasteiger partial charge < -0.3 is 24.4 Å². The summed E-state index contributed by atoms with van der Waals surface area (Å²) in [6, 6.07) is 24.0. The molecule has 7 heteroatoms. The Labute approximate surface area is 212 Å². The van der Waals surface area contributed by atoms with Crippen molar-refractivity contribution in [1.82, 2.24) is 0 Å². The summed E-state index contributed by atoms with van der Waals surface area (Å²) in [5, 5.41) is 3.32. The van der Waals surface area contributed by atoms with E-state index in [1.165, 1.54) is 0 Å². The minimum atomic E-state index is -0.555. The fourth-order valence-electron chi connectivity index (χ4n) is 4.06. The van der Waals surface area contributed by atoms with Gasteiger partial charge in [-0.25, -0.2) is 4.79 Å². The molecule has 1 fully saturated rings. The molecule has 0 saturated carbocycles. The zero-order valence-corrected chi connectivity index (χ0v) is 20.7. The summed E-state index contributed by atoms with van der Waals surface area (Å²) in [5.74, 6) is -0.187. The van der Waals surface area contributed by atoms with E-state index in [4.69, 9.17) is 14.2 Å². The number of nitrogens with zero attached hydrogens (tertiary/aromatic N) is 1. The number of hydrogen-bond donors (Lipinski definition) is 1. The average molecular weight is 489 g/mol. The molecule has 7 nitrogen and oxygen atoms in total. The molecule has 0 spiro atoms. The third-order valence-corrected chi connectivity index (χ3v) is 5.87. The maximum Gasteiger partial charge on any atom is 0.338 e. The summed E-state index contributed by atoms with van der Waals surface area (Å²) in [6.07, 6.45) is 2.18. The number of para-hydroxylation sites is 1. The monoisotopic (exact) mass is 488 g/mol. The number of hydrogen-bond acceptors (Lipinski definition) is 6. The van der Waals surface area contributed by atoms with E-state index >= 15 is 0 Å². The molecule has 0 aliphatic carbocycles. The second kappa shape index (κ2) is 12.2. The van der Waals surface area contributed by atoms with E-state index in [9.17, 15) is 9.59 Å². The van der Waals surface area contributed by atoms with Crippen molar-refractivity contribution < 1.29 is 23.8 Å². The van der Waals surface area contributed by atoms with Crippen molar-refractivity contribution >= 4 is 28.9 Å². The van der Waals surface area contributed by atoms with Crippen molar-refractivity contribution in [3.63, 3.8) is 0 Å².